The van der Waals surface area contributed by atoms with E-state index in [9.17, 15) is 14.4 Å². The molecular weight excluding hydrogens is 456 g/mol. The summed E-state index contributed by atoms with van der Waals surface area (Å²) in [7, 11) is 0. The fourth-order valence-corrected chi connectivity index (χ4v) is 4.80. The molecule has 9 heteroatoms. The van der Waals surface area contributed by atoms with Gasteiger partial charge in [0, 0.05) is 21.9 Å². The first-order chi connectivity index (χ1) is 16.1. The van der Waals surface area contributed by atoms with Crippen molar-refractivity contribution in [2.24, 2.45) is 0 Å². The number of hydrogen-bond donors (Lipinski definition) is 1. The van der Waals surface area contributed by atoms with Crippen molar-refractivity contribution in [1.82, 2.24) is 10.1 Å². The Bertz CT molecular complexity index is 1210. The standard InChI is InChI=1S/C25H28N2O6S/c1-7-31-25(30)21-13(2)22(26-15(21)4)23(28)17(6)32-24(29)18-10-8-9-11-20(18)34-12-19-14(3)27-33-16(19)5/h8-11,17,26H,7,12H2,1-6H3. The predicted molar refractivity (Wildman–Crippen MR) is 127 cm³/mol. The van der Waals surface area contributed by atoms with Crippen LogP contribution in [0.5, 0.6) is 0 Å². The lowest BCUT2D eigenvalue weighted by Crippen LogP contribution is -2.25. The van der Waals surface area contributed by atoms with Gasteiger partial charge in [-0.2, -0.15) is 0 Å². The van der Waals surface area contributed by atoms with Crippen LogP contribution in [0.15, 0.2) is 33.7 Å². The molecule has 0 amide bonds. The summed E-state index contributed by atoms with van der Waals surface area (Å²) in [5, 5.41) is 3.96. The highest BCUT2D eigenvalue weighted by atomic mass is 32.2. The van der Waals surface area contributed by atoms with E-state index in [1.54, 1.807) is 32.9 Å². The zero-order valence-electron chi connectivity index (χ0n) is 20.1. The van der Waals surface area contributed by atoms with Crippen LogP contribution in [0.4, 0.5) is 0 Å². The minimum Gasteiger partial charge on any atom is -0.462 e. The number of rotatable bonds is 9. The SMILES string of the molecule is CCOC(=O)c1c(C)[nH]c(C(=O)C(C)OC(=O)c2ccccc2SCc2c(C)noc2C)c1C. The van der Waals surface area contributed by atoms with Gasteiger partial charge in [-0.15, -0.1) is 11.8 Å². The maximum Gasteiger partial charge on any atom is 0.340 e. The second kappa shape index (κ2) is 10.7. The zero-order chi connectivity index (χ0) is 25.0. The van der Waals surface area contributed by atoms with Crippen molar-refractivity contribution in [3.05, 3.63) is 69.4 Å². The van der Waals surface area contributed by atoms with E-state index in [0.29, 0.717) is 28.1 Å². The molecule has 1 unspecified atom stereocenters. The third-order valence-corrected chi connectivity index (χ3v) is 6.58. The van der Waals surface area contributed by atoms with Crippen LogP contribution < -0.4 is 0 Å². The Morgan fingerprint density at radius 1 is 1.12 bits per heavy atom. The van der Waals surface area contributed by atoms with Crippen molar-refractivity contribution in [3.8, 4) is 0 Å². The molecule has 3 rings (SSSR count). The molecule has 0 radical (unpaired) electrons. The van der Waals surface area contributed by atoms with E-state index in [1.165, 1.54) is 18.7 Å². The number of aromatic nitrogens is 2. The minimum absolute atomic E-state index is 0.224. The van der Waals surface area contributed by atoms with Crippen molar-refractivity contribution >= 4 is 29.5 Å². The number of nitrogens with zero attached hydrogens (tertiary/aromatic N) is 1. The van der Waals surface area contributed by atoms with Crippen molar-refractivity contribution in [2.45, 2.75) is 58.3 Å². The molecule has 8 nitrogen and oxygen atoms in total. The number of carbonyl (C=O) groups excluding carboxylic acids is 3. The predicted octanol–water partition coefficient (Wildman–Crippen LogP) is 5.13. The first-order valence-corrected chi connectivity index (χ1v) is 11.9. The number of aromatic amines is 1. The summed E-state index contributed by atoms with van der Waals surface area (Å²) >= 11 is 1.47. The van der Waals surface area contributed by atoms with Gasteiger partial charge in [0.1, 0.15) is 5.76 Å². The molecule has 0 saturated heterocycles. The number of thioether (sulfide) groups is 1. The van der Waals surface area contributed by atoms with Crippen molar-refractivity contribution in [3.63, 3.8) is 0 Å². The Morgan fingerprint density at radius 2 is 1.82 bits per heavy atom. The Labute approximate surface area is 202 Å². The number of hydrogen-bond acceptors (Lipinski definition) is 8. The summed E-state index contributed by atoms with van der Waals surface area (Å²) in [4.78, 5) is 41.9. The van der Waals surface area contributed by atoms with Gasteiger partial charge in [0.15, 0.2) is 6.10 Å². The van der Waals surface area contributed by atoms with E-state index in [0.717, 1.165) is 21.9 Å². The van der Waals surface area contributed by atoms with Crippen LogP contribution in [0.2, 0.25) is 0 Å². The van der Waals surface area contributed by atoms with Crippen LogP contribution in [0.3, 0.4) is 0 Å². The Morgan fingerprint density at radius 3 is 2.47 bits per heavy atom. The second-order valence-corrected chi connectivity index (χ2v) is 8.86. The quantitative estimate of drug-likeness (QED) is 0.253. The molecular formula is C25H28N2O6S. The average Bonchev–Trinajstić information content (AvgIpc) is 3.28. The molecule has 0 saturated carbocycles. The Hall–Kier alpha value is -3.33. The van der Waals surface area contributed by atoms with Crippen molar-refractivity contribution in [1.29, 1.82) is 0 Å². The Balaban J connectivity index is 1.75. The van der Waals surface area contributed by atoms with Crippen LogP contribution in [-0.4, -0.2) is 40.6 Å². The van der Waals surface area contributed by atoms with E-state index in [4.69, 9.17) is 14.0 Å². The molecule has 180 valence electrons. The Kier molecular flexibility index (Phi) is 7.98. The lowest BCUT2D eigenvalue weighted by Gasteiger charge is -2.14. The molecule has 0 fully saturated rings. The highest BCUT2D eigenvalue weighted by Crippen LogP contribution is 2.29. The number of nitrogens with one attached hydrogen (secondary N) is 1. The van der Waals surface area contributed by atoms with Gasteiger partial charge in [0.2, 0.25) is 5.78 Å². The number of ketones is 1. The average molecular weight is 485 g/mol. The van der Waals surface area contributed by atoms with Gasteiger partial charge < -0.3 is 19.0 Å². The minimum atomic E-state index is -1.06. The summed E-state index contributed by atoms with van der Waals surface area (Å²) in [5.74, 6) is -0.207. The highest BCUT2D eigenvalue weighted by Gasteiger charge is 2.28. The zero-order valence-corrected chi connectivity index (χ0v) is 20.9. The van der Waals surface area contributed by atoms with Crippen LogP contribution in [0.25, 0.3) is 0 Å². The summed E-state index contributed by atoms with van der Waals surface area (Å²) in [6.07, 6.45) is -1.06. The van der Waals surface area contributed by atoms with Crippen LogP contribution in [-0.2, 0) is 15.2 Å². The molecule has 2 heterocycles. The molecule has 1 N–H and O–H groups in total. The van der Waals surface area contributed by atoms with Gasteiger partial charge in [-0.05, 0) is 59.2 Å². The van der Waals surface area contributed by atoms with Crippen molar-refractivity contribution in [2.75, 3.05) is 6.61 Å². The van der Waals surface area contributed by atoms with Gasteiger partial charge in [-0.3, -0.25) is 4.79 Å². The molecule has 0 spiro atoms. The summed E-state index contributed by atoms with van der Waals surface area (Å²) in [6, 6.07) is 7.07. The molecule has 34 heavy (non-hydrogen) atoms. The van der Waals surface area contributed by atoms with Crippen LogP contribution >= 0.6 is 11.8 Å². The van der Waals surface area contributed by atoms with Gasteiger partial charge in [0.25, 0.3) is 0 Å². The highest BCUT2D eigenvalue weighted by molar-refractivity contribution is 7.98. The lowest BCUT2D eigenvalue weighted by atomic mass is 10.1. The smallest absolute Gasteiger partial charge is 0.340 e. The fourth-order valence-electron chi connectivity index (χ4n) is 3.61. The number of carbonyl (C=O) groups is 3. The first kappa shape index (κ1) is 25.3. The molecule has 0 aliphatic heterocycles. The first-order valence-electron chi connectivity index (χ1n) is 10.9. The molecule has 0 aliphatic carbocycles. The lowest BCUT2D eigenvalue weighted by molar-refractivity contribution is 0.0313. The maximum atomic E-state index is 13.0. The second-order valence-electron chi connectivity index (χ2n) is 7.84. The molecule has 0 bridgehead atoms. The third-order valence-electron chi connectivity index (χ3n) is 5.48. The monoisotopic (exact) mass is 484 g/mol. The number of ether oxygens (including phenoxy) is 2. The molecule has 0 aliphatic rings. The third kappa shape index (κ3) is 5.25. The molecule has 1 aromatic carbocycles. The van der Waals surface area contributed by atoms with Crippen LogP contribution in [0, 0.1) is 27.7 Å². The van der Waals surface area contributed by atoms with Gasteiger partial charge in [-0.1, -0.05) is 17.3 Å². The maximum absolute atomic E-state index is 13.0. The number of esters is 2. The number of Topliss-reactive ketones (excluding diaryl/α,β-unsaturated/α-hetero) is 1. The van der Waals surface area contributed by atoms with E-state index < -0.39 is 23.8 Å². The summed E-state index contributed by atoms with van der Waals surface area (Å²) in [6.45, 7) is 10.5. The topological polar surface area (TPSA) is 111 Å². The number of aryl methyl sites for hydroxylation is 3. The molecule has 3 aromatic rings. The van der Waals surface area contributed by atoms with Gasteiger partial charge in [-0.25, -0.2) is 9.59 Å². The summed E-state index contributed by atoms with van der Waals surface area (Å²) < 4.78 is 15.8. The molecule has 1 atom stereocenters. The normalized spacial score (nSPS) is 11.8. The van der Waals surface area contributed by atoms with E-state index in [-0.39, 0.29) is 12.3 Å². The number of benzene rings is 1. The largest absolute Gasteiger partial charge is 0.462 e. The molecule has 2 aromatic heterocycles. The van der Waals surface area contributed by atoms with Crippen LogP contribution in [0.1, 0.15) is 73.3 Å². The van der Waals surface area contributed by atoms with E-state index in [1.807, 2.05) is 26.0 Å². The number of H-pyrrole nitrogens is 1. The summed E-state index contributed by atoms with van der Waals surface area (Å²) in [5.41, 5.74) is 3.70. The fraction of sp³-hybridized carbons (Fsp3) is 0.360. The van der Waals surface area contributed by atoms with Crippen molar-refractivity contribution < 1.29 is 28.4 Å². The van der Waals surface area contributed by atoms with Gasteiger partial charge >= 0.3 is 11.9 Å². The van der Waals surface area contributed by atoms with E-state index >= 15 is 0 Å². The van der Waals surface area contributed by atoms with Gasteiger partial charge in [0.05, 0.1) is 29.1 Å². The van der Waals surface area contributed by atoms with E-state index in [2.05, 4.69) is 10.1 Å².